The predicted octanol–water partition coefficient (Wildman–Crippen LogP) is 3.61. The number of halogens is 2. The molecule has 0 amide bonds. The standard InChI is InChI=1S/C17H14F2N4O2S/c1-11-5-2-3-8-14(11)26(24,25)23-16-10-9-15(21-22-16)20-17-12(18)6-4-7-13(17)19/h2-10H,1H3,(H,20,21)(H,22,23). The van der Waals surface area contributed by atoms with Gasteiger partial charge < -0.3 is 5.32 Å². The molecular weight excluding hydrogens is 362 g/mol. The second kappa shape index (κ2) is 7.04. The van der Waals surface area contributed by atoms with Gasteiger partial charge in [-0.05, 0) is 42.8 Å². The molecule has 2 N–H and O–H groups in total. The fraction of sp³-hybridized carbons (Fsp3) is 0.0588. The molecule has 3 rings (SSSR count). The highest BCUT2D eigenvalue weighted by molar-refractivity contribution is 7.92. The fourth-order valence-corrected chi connectivity index (χ4v) is 3.49. The van der Waals surface area contributed by atoms with Crippen molar-refractivity contribution in [3.63, 3.8) is 0 Å². The van der Waals surface area contributed by atoms with Crippen LogP contribution in [0, 0.1) is 18.6 Å². The van der Waals surface area contributed by atoms with Gasteiger partial charge in [0.15, 0.2) is 11.6 Å². The predicted molar refractivity (Wildman–Crippen MR) is 93.7 cm³/mol. The van der Waals surface area contributed by atoms with Crippen molar-refractivity contribution in [2.75, 3.05) is 10.0 Å². The summed E-state index contributed by atoms with van der Waals surface area (Å²) in [6.45, 7) is 1.68. The average Bonchev–Trinajstić information content (AvgIpc) is 2.60. The number of aryl methyl sites for hydroxylation is 1. The molecule has 134 valence electrons. The number of aromatic nitrogens is 2. The Kier molecular flexibility index (Phi) is 4.81. The first-order valence-corrected chi connectivity index (χ1v) is 8.98. The van der Waals surface area contributed by atoms with Crippen molar-refractivity contribution in [2.24, 2.45) is 0 Å². The number of sulfonamides is 1. The van der Waals surface area contributed by atoms with Gasteiger partial charge in [-0.2, -0.15) is 0 Å². The van der Waals surface area contributed by atoms with Crippen LogP contribution in [0.5, 0.6) is 0 Å². The van der Waals surface area contributed by atoms with E-state index in [0.29, 0.717) is 5.56 Å². The minimum absolute atomic E-state index is 0.0205. The monoisotopic (exact) mass is 376 g/mol. The largest absolute Gasteiger partial charge is 0.334 e. The molecule has 0 atom stereocenters. The van der Waals surface area contributed by atoms with E-state index in [4.69, 9.17) is 0 Å². The molecule has 2 aromatic carbocycles. The molecule has 0 aliphatic heterocycles. The van der Waals surface area contributed by atoms with Crippen LogP contribution in [0.15, 0.2) is 59.5 Å². The van der Waals surface area contributed by atoms with Crippen LogP contribution >= 0.6 is 0 Å². The summed E-state index contributed by atoms with van der Waals surface area (Å²) in [6.07, 6.45) is 0. The van der Waals surface area contributed by atoms with Crippen LogP contribution in [0.25, 0.3) is 0 Å². The van der Waals surface area contributed by atoms with Gasteiger partial charge in [-0.3, -0.25) is 4.72 Å². The third-order valence-corrected chi connectivity index (χ3v) is 5.02. The zero-order valence-corrected chi connectivity index (χ0v) is 14.4. The number of hydrogen-bond acceptors (Lipinski definition) is 5. The summed E-state index contributed by atoms with van der Waals surface area (Å²) < 4.78 is 54.3. The van der Waals surface area contributed by atoms with Crippen LogP contribution in [0.1, 0.15) is 5.56 Å². The fourth-order valence-electron chi connectivity index (χ4n) is 2.25. The van der Waals surface area contributed by atoms with Gasteiger partial charge in [0.1, 0.15) is 17.3 Å². The molecule has 1 heterocycles. The van der Waals surface area contributed by atoms with E-state index >= 15 is 0 Å². The van der Waals surface area contributed by atoms with E-state index in [0.717, 1.165) is 12.1 Å². The van der Waals surface area contributed by atoms with Crippen molar-refractivity contribution in [2.45, 2.75) is 11.8 Å². The maximum atomic E-state index is 13.6. The first-order chi connectivity index (χ1) is 12.4. The van der Waals surface area contributed by atoms with E-state index < -0.39 is 21.7 Å². The molecule has 0 aliphatic rings. The second-order valence-corrected chi connectivity index (χ2v) is 7.05. The summed E-state index contributed by atoms with van der Waals surface area (Å²) in [4.78, 5) is 0.123. The highest BCUT2D eigenvalue weighted by Gasteiger charge is 2.17. The molecule has 9 heteroatoms. The maximum absolute atomic E-state index is 13.6. The summed E-state index contributed by atoms with van der Waals surface area (Å²) >= 11 is 0. The summed E-state index contributed by atoms with van der Waals surface area (Å²) in [5.74, 6) is -1.52. The summed E-state index contributed by atoms with van der Waals surface area (Å²) in [6, 6.07) is 12.6. The number of benzene rings is 2. The van der Waals surface area contributed by atoms with Crippen molar-refractivity contribution < 1.29 is 17.2 Å². The number of hydrogen-bond donors (Lipinski definition) is 2. The lowest BCUT2D eigenvalue weighted by Crippen LogP contribution is -2.15. The van der Waals surface area contributed by atoms with Crippen molar-refractivity contribution in [3.05, 3.63) is 71.8 Å². The highest BCUT2D eigenvalue weighted by Crippen LogP contribution is 2.23. The van der Waals surface area contributed by atoms with E-state index in [1.54, 1.807) is 25.1 Å². The van der Waals surface area contributed by atoms with E-state index in [1.807, 2.05) is 0 Å². The van der Waals surface area contributed by atoms with Crippen LogP contribution in [-0.4, -0.2) is 18.6 Å². The highest BCUT2D eigenvalue weighted by atomic mass is 32.2. The van der Waals surface area contributed by atoms with Crippen LogP contribution in [0.3, 0.4) is 0 Å². The Morgan fingerprint density at radius 2 is 1.46 bits per heavy atom. The lowest BCUT2D eigenvalue weighted by Gasteiger charge is -2.10. The third kappa shape index (κ3) is 3.77. The van der Waals surface area contributed by atoms with Gasteiger partial charge in [-0.15, -0.1) is 10.2 Å². The third-order valence-electron chi connectivity index (χ3n) is 3.50. The molecule has 0 fully saturated rings. The topological polar surface area (TPSA) is 84.0 Å². The van der Waals surface area contributed by atoms with Gasteiger partial charge >= 0.3 is 0 Å². The summed E-state index contributed by atoms with van der Waals surface area (Å²) in [7, 11) is -3.82. The Balaban J connectivity index is 1.79. The molecule has 3 aromatic rings. The molecule has 0 aliphatic carbocycles. The van der Waals surface area contributed by atoms with Crippen LogP contribution in [0.4, 0.5) is 26.1 Å². The Bertz CT molecular complexity index is 1020. The first kappa shape index (κ1) is 17.7. The molecule has 26 heavy (non-hydrogen) atoms. The van der Waals surface area contributed by atoms with Gasteiger partial charge in [0, 0.05) is 0 Å². The SMILES string of the molecule is Cc1ccccc1S(=O)(=O)Nc1ccc(Nc2c(F)cccc2F)nn1. The zero-order valence-electron chi connectivity index (χ0n) is 13.6. The molecule has 6 nitrogen and oxygen atoms in total. The van der Waals surface area contributed by atoms with Crippen molar-refractivity contribution in [1.29, 1.82) is 0 Å². The summed E-state index contributed by atoms with van der Waals surface area (Å²) in [5, 5.41) is 9.93. The average molecular weight is 376 g/mol. The van der Waals surface area contributed by atoms with Crippen molar-refractivity contribution in [1.82, 2.24) is 10.2 Å². The molecule has 0 saturated carbocycles. The van der Waals surface area contributed by atoms with Crippen LogP contribution in [-0.2, 0) is 10.0 Å². The number of nitrogens with zero attached hydrogens (tertiary/aromatic N) is 2. The Labute approximate surface area is 149 Å². The lowest BCUT2D eigenvalue weighted by molar-refractivity contribution is 0.590. The van der Waals surface area contributed by atoms with E-state index in [1.165, 1.54) is 24.3 Å². The molecule has 0 saturated heterocycles. The zero-order chi connectivity index (χ0) is 18.7. The van der Waals surface area contributed by atoms with Crippen molar-refractivity contribution in [3.8, 4) is 0 Å². The van der Waals surface area contributed by atoms with Gasteiger partial charge in [-0.25, -0.2) is 17.2 Å². The molecular formula is C17H14F2N4O2S. The summed E-state index contributed by atoms with van der Waals surface area (Å²) in [5.41, 5.74) is 0.219. The van der Waals surface area contributed by atoms with E-state index in [-0.39, 0.29) is 22.2 Å². The minimum Gasteiger partial charge on any atom is -0.334 e. The van der Waals surface area contributed by atoms with Crippen LogP contribution < -0.4 is 10.0 Å². The molecule has 0 unspecified atom stereocenters. The van der Waals surface area contributed by atoms with E-state index in [2.05, 4.69) is 20.2 Å². The molecule has 0 bridgehead atoms. The normalized spacial score (nSPS) is 11.2. The Morgan fingerprint density at radius 1 is 0.846 bits per heavy atom. The molecule has 0 spiro atoms. The van der Waals surface area contributed by atoms with Crippen LogP contribution in [0.2, 0.25) is 0 Å². The Morgan fingerprint density at radius 3 is 2.08 bits per heavy atom. The van der Waals surface area contributed by atoms with Crippen molar-refractivity contribution >= 4 is 27.3 Å². The number of para-hydroxylation sites is 1. The first-order valence-electron chi connectivity index (χ1n) is 7.50. The lowest BCUT2D eigenvalue weighted by atomic mass is 10.2. The van der Waals surface area contributed by atoms with Gasteiger partial charge in [0.05, 0.1) is 4.90 Å². The van der Waals surface area contributed by atoms with Gasteiger partial charge in [0.2, 0.25) is 0 Å². The molecule has 0 radical (unpaired) electrons. The number of rotatable bonds is 5. The van der Waals surface area contributed by atoms with E-state index in [9.17, 15) is 17.2 Å². The molecule has 1 aromatic heterocycles. The second-order valence-electron chi connectivity index (χ2n) is 5.40. The minimum atomic E-state index is -3.82. The van der Waals surface area contributed by atoms with Gasteiger partial charge in [-0.1, -0.05) is 24.3 Å². The Hall–Kier alpha value is -3.07. The maximum Gasteiger partial charge on any atom is 0.263 e. The quantitative estimate of drug-likeness (QED) is 0.711. The number of nitrogens with one attached hydrogen (secondary N) is 2. The van der Waals surface area contributed by atoms with Gasteiger partial charge in [0.25, 0.3) is 10.0 Å². The smallest absolute Gasteiger partial charge is 0.263 e. The number of anilines is 3.